The second-order valence-corrected chi connectivity index (χ2v) is 7.98. The predicted octanol–water partition coefficient (Wildman–Crippen LogP) is 4.12. The van der Waals surface area contributed by atoms with Crippen LogP contribution in [0.25, 0.3) is 16.9 Å². The highest BCUT2D eigenvalue weighted by atomic mass is 16.5. The first-order chi connectivity index (χ1) is 17.2. The number of aromatic nitrogens is 5. The summed E-state index contributed by atoms with van der Waals surface area (Å²) >= 11 is 0. The molecule has 5 aromatic rings. The molecule has 0 fully saturated rings. The molecule has 1 amide bonds. The van der Waals surface area contributed by atoms with Gasteiger partial charge in [-0.15, -0.1) is 5.10 Å². The van der Waals surface area contributed by atoms with E-state index in [4.69, 9.17) is 9.84 Å². The van der Waals surface area contributed by atoms with Gasteiger partial charge in [-0.25, -0.2) is 9.36 Å². The van der Waals surface area contributed by atoms with Gasteiger partial charge in [0.05, 0.1) is 37.6 Å². The van der Waals surface area contributed by atoms with Gasteiger partial charge in [0.2, 0.25) is 0 Å². The number of benzene rings is 3. The number of nitrogens with zero attached hydrogens (tertiary/aromatic N) is 5. The second-order valence-electron chi connectivity index (χ2n) is 7.98. The Morgan fingerprint density at radius 1 is 0.914 bits per heavy atom. The van der Waals surface area contributed by atoms with Gasteiger partial charge in [0.15, 0.2) is 0 Å². The molecule has 0 aliphatic rings. The number of amides is 1. The molecular weight excluding hydrogens is 440 g/mol. The highest BCUT2D eigenvalue weighted by Crippen LogP contribution is 2.23. The van der Waals surface area contributed by atoms with E-state index in [1.807, 2.05) is 91.1 Å². The van der Waals surface area contributed by atoms with Gasteiger partial charge in [-0.2, -0.15) is 5.10 Å². The quantitative estimate of drug-likeness (QED) is 0.373. The number of ether oxygens (including phenoxy) is 1. The molecule has 0 unspecified atom stereocenters. The maximum Gasteiger partial charge on any atom is 0.255 e. The molecule has 0 aliphatic carbocycles. The fraction of sp³-hybridized carbons (Fsp3) is 0.111. The third kappa shape index (κ3) is 5.11. The normalized spacial score (nSPS) is 10.8. The van der Waals surface area contributed by atoms with Crippen LogP contribution in [0.5, 0.6) is 5.75 Å². The number of rotatable bonds is 8. The molecule has 8 nitrogen and oxygen atoms in total. The molecule has 3 aromatic carbocycles. The van der Waals surface area contributed by atoms with Crippen molar-refractivity contribution in [3.05, 3.63) is 114 Å². The van der Waals surface area contributed by atoms with Crippen LogP contribution in [-0.4, -0.2) is 37.8 Å². The SMILES string of the molecule is COc1ccc(Cn2cc(CNC(=O)c3cn(-c4ccccc4)nc3-c3ccccc3)nn2)cc1. The molecule has 8 heteroatoms. The van der Waals surface area contributed by atoms with Crippen LogP contribution in [-0.2, 0) is 13.1 Å². The van der Waals surface area contributed by atoms with E-state index in [1.165, 1.54) is 0 Å². The van der Waals surface area contributed by atoms with Crippen molar-refractivity contribution in [1.82, 2.24) is 30.1 Å². The van der Waals surface area contributed by atoms with Crippen LogP contribution in [0.15, 0.2) is 97.3 Å². The zero-order valence-corrected chi connectivity index (χ0v) is 19.2. The van der Waals surface area contributed by atoms with E-state index in [0.29, 0.717) is 23.5 Å². The van der Waals surface area contributed by atoms with Gasteiger partial charge in [-0.05, 0) is 29.8 Å². The standard InChI is InChI=1S/C27H24N6O2/c1-35-24-14-12-20(13-15-24)17-32-18-22(29-31-32)16-28-27(34)25-19-33(23-10-6-3-7-11-23)30-26(25)21-8-4-2-5-9-21/h2-15,18-19H,16-17H2,1H3,(H,28,34). The van der Waals surface area contributed by atoms with E-state index in [2.05, 4.69) is 15.6 Å². The fourth-order valence-electron chi connectivity index (χ4n) is 3.74. The van der Waals surface area contributed by atoms with Gasteiger partial charge in [-0.1, -0.05) is 65.9 Å². The average Bonchev–Trinajstić information content (AvgIpc) is 3.56. The Kier molecular flexibility index (Phi) is 6.34. The zero-order valence-electron chi connectivity index (χ0n) is 19.2. The Hall–Kier alpha value is -4.72. The molecule has 0 radical (unpaired) electrons. The van der Waals surface area contributed by atoms with Crippen LogP contribution in [0.3, 0.4) is 0 Å². The van der Waals surface area contributed by atoms with E-state index >= 15 is 0 Å². The second kappa shape index (κ2) is 10.0. The van der Waals surface area contributed by atoms with Crippen molar-refractivity contribution in [1.29, 1.82) is 0 Å². The van der Waals surface area contributed by atoms with Crippen LogP contribution in [0.4, 0.5) is 0 Å². The van der Waals surface area contributed by atoms with Crippen molar-refractivity contribution >= 4 is 5.91 Å². The molecule has 0 saturated heterocycles. The van der Waals surface area contributed by atoms with E-state index in [1.54, 1.807) is 22.7 Å². The Labute approximate surface area is 202 Å². The summed E-state index contributed by atoms with van der Waals surface area (Å²) in [6, 6.07) is 27.2. The Morgan fingerprint density at radius 2 is 1.63 bits per heavy atom. The maximum absolute atomic E-state index is 13.2. The number of nitrogens with one attached hydrogen (secondary N) is 1. The molecule has 0 aliphatic heterocycles. The van der Waals surface area contributed by atoms with Crippen LogP contribution in [0, 0.1) is 0 Å². The minimum absolute atomic E-state index is 0.226. The van der Waals surface area contributed by atoms with E-state index in [9.17, 15) is 4.79 Å². The van der Waals surface area contributed by atoms with Crippen molar-refractivity contribution in [2.24, 2.45) is 0 Å². The lowest BCUT2D eigenvalue weighted by atomic mass is 10.1. The first-order valence-electron chi connectivity index (χ1n) is 11.2. The molecule has 0 saturated carbocycles. The Morgan fingerprint density at radius 3 is 2.34 bits per heavy atom. The summed E-state index contributed by atoms with van der Waals surface area (Å²) in [4.78, 5) is 13.2. The summed E-state index contributed by atoms with van der Waals surface area (Å²) in [6.45, 7) is 0.832. The summed E-state index contributed by atoms with van der Waals surface area (Å²) in [6.07, 6.45) is 3.59. The first-order valence-corrected chi connectivity index (χ1v) is 11.2. The molecule has 0 spiro atoms. The van der Waals surface area contributed by atoms with Crippen LogP contribution in [0.2, 0.25) is 0 Å². The minimum Gasteiger partial charge on any atom is -0.497 e. The summed E-state index contributed by atoms with van der Waals surface area (Å²) in [5.74, 6) is 0.580. The molecule has 2 aromatic heterocycles. The predicted molar refractivity (Wildman–Crippen MR) is 132 cm³/mol. The van der Waals surface area contributed by atoms with Crippen molar-refractivity contribution in [3.63, 3.8) is 0 Å². The summed E-state index contributed by atoms with van der Waals surface area (Å²) in [7, 11) is 1.64. The van der Waals surface area contributed by atoms with Gasteiger partial charge >= 0.3 is 0 Å². The Balaban J connectivity index is 1.31. The monoisotopic (exact) mass is 464 g/mol. The number of hydrogen-bond acceptors (Lipinski definition) is 5. The van der Waals surface area contributed by atoms with Crippen LogP contribution in [0.1, 0.15) is 21.6 Å². The smallest absolute Gasteiger partial charge is 0.255 e. The fourth-order valence-corrected chi connectivity index (χ4v) is 3.74. The number of hydrogen-bond donors (Lipinski definition) is 1. The van der Waals surface area contributed by atoms with Gasteiger partial charge in [0, 0.05) is 11.8 Å². The van der Waals surface area contributed by atoms with E-state index in [0.717, 1.165) is 22.6 Å². The van der Waals surface area contributed by atoms with Crippen molar-refractivity contribution < 1.29 is 9.53 Å². The van der Waals surface area contributed by atoms with Crippen molar-refractivity contribution in [3.8, 4) is 22.7 Å². The average molecular weight is 465 g/mol. The molecule has 2 heterocycles. The number of para-hydroxylation sites is 1. The highest BCUT2D eigenvalue weighted by molar-refractivity contribution is 5.99. The third-order valence-electron chi connectivity index (χ3n) is 5.55. The number of methoxy groups -OCH3 is 1. The largest absolute Gasteiger partial charge is 0.497 e. The molecular formula is C27H24N6O2. The molecule has 0 bridgehead atoms. The van der Waals surface area contributed by atoms with Crippen LogP contribution >= 0.6 is 0 Å². The summed E-state index contributed by atoms with van der Waals surface area (Å²) in [5, 5.41) is 16.0. The van der Waals surface area contributed by atoms with E-state index in [-0.39, 0.29) is 12.5 Å². The molecule has 174 valence electrons. The Bertz CT molecular complexity index is 1410. The van der Waals surface area contributed by atoms with Gasteiger partial charge in [0.1, 0.15) is 17.1 Å². The molecule has 5 rings (SSSR count). The highest BCUT2D eigenvalue weighted by Gasteiger charge is 2.19. The van der Waals surface area contributed by atoms with Gasteiger partial charge < -0.3 is 10.1 Å². The number of carbonyl (C=O) groups is 1. The topological polar surface area (TPSA) is 86.9 Å². The maximum atomic E-state index is 13.2. The summed E-state index contributed by atoms with van der Waals surface area (Å²) in [5.41, 5.74) is 4.61. The molecule has 0 atom stereocenters. The van der Waals surface area contributed by atoms with Gasteiger partial charge in [0.25, 0.3) is 5.91 Å². The number of carbonyl (C=O) groups excluding carboxylic acids is 1. The lowest BCUT2D eigenvalue weighted by Crippen LogP contribution is -2.23. The van der Waals surface area contributed by atoms with Crippen molar-refractivity contribution in [2.45, 2.75) is 13.1 Å². The summed E-state index contributed by atoms with van der Waals surface area (Å²) < 4.78 is 8.66. The lowest BCUT2D eigenvalue weighted by Gasteiger charge is -2.04. The third-order valence-corrected chi connectivity index (χ3v) is 5.55. The zero-order chi connectivity index (χ0) is 24.0. The van der Waals surface area contributed by atoms with Gasteiger partial charge in [-0.3, -0.25) is 4.79 Å². The van der Waals surface area contributed by atoms with E-state index < -0.39 is 0 Å². The van der Waals surface area contributed by atoms with Crippen molar-refractivity contribution in [2.75, 3.05) is 7.11 Å². The minimum atomic E-state index is -0.226. The lowest BCUT2D eigenvalue weighted by molar-refractivity contribution is 0.0951. The van der Waals surface area contributed by atoms with Crippen LogP contribution < -0.4 is 10.1 Å². The first kappa shape index (κ1) is 22.1. The molecule has 35 heavy (non-hydrogen) atoms. The molecule has 1 N–H and O–H groups in total.